The van der Waals surface area contributed by atoms with E-state index in [9.17, 15) is 4.79 Å². The molecule has 0 aromatic heterocycles. The third-order valence-corrected chi connectivity index (χ3v) is 4.30. The van der Waals surface area contributed by atoms with Gasteiger partial charge in [0.1, 0.15) is 38.8 Å². The predicted molar refractivity (Wildman–Crippen MR) is 81.2 cm³/mol. The van der Waals surface area contributed by atoms with E-state index in [1.807, 2.05) is 19.1 Å². The van der Waals surface area contributed by atoms with Gasteiger partial charge in [-0.2, -0.15) is 0 Å². The average molecular weight is 343 g/mol. The van der Waals surface area contributed by atoms with Crippen LogP contribution in [0.5, 0.6) is 0 Å². The normalized spacial score (nSPS) is 24.1. The minimum atomic E-state index is -0.232. The highest BCUT2D eigenvalue weighted by molar-refractivity contribution is 9.10. The summed E-state index contributed by atoms with van der Waals surface area (Å²) in [4.78, 5) is 15.1. The van der Waals surface area contributed by atoms with E-state index in [0.29, 0.717) is 5.56 Å². The number of hydrogen-bond donors (Lipinski definition) is 2. The van der Waals surface area contributed by atoms with Crippen molar-refractivity contribution in [3.05, 3.63) is 34.3 Å². The van der Waals surface area contributed by atoms with Crippen LogP contribution in [0, 0.1) is 0 Å². The van der Waals surface area contributed by atoms with Crippen LogP contribution < -0.4 is 9.80 Å². The number of quaternary nitrogens is 2. The lowest BCUT2D eigenvalue weighted by molar-refractivity contribution is -1.00. The van der Waals surface area contributed by atoms with Crippen molar-refractivity contribution in [1.82, 2.24) is 0 Å². The van der Waals surface area contributed by atoms with E-state index in [2.05, 4.69) is 23.0 Å². The molecule has 1 aliphatic heterocycles. The summed E-state index contributed by atoms with van der Waals surface area (Å²) in [5.41, 5.74) is 0.609. The quantitative estimate of drug-likeness (QED) is 0.717. The highest BCUT2D eigenvalue weighted by Gasteiger charge is 2.23. The van der Waals surface area contributed by atoms with Gasteiger partial charge in [0.25, 0.3) is 0 Å². The number of esters is 1. The first kappa shape index (κ1) is 15.5. The van der Waals surface area contributed by atoms with Crippen molar-refractivity contribution in [1.29, 1.82) is 0 Å². The number of rotatable bonds is 4. The second-order valence-electron chi connectivity index (χ2n) is 5.63. The fourth-order valence-corrected chi connectivity index (χ4v) is 2.78. The standard InChI is InChI=1S/C15H21BrN2O2/c1-12(11-18-9-7-17(2)8-10-18)20-15(19)13-3-5-14(16)6-4-13/h3-6,12H,7-11H2,1-2H3/p+2/t12-/m0/s1. The molecular weight excluding hydrogens is 320 g/mol. The van der Waals surface area contributed by atoms with Gasteiger partial charge in [-0.1, -0.05) is 15.9 Å². The largest absolute Gasteiger partial charge is 0.453 e. The van der Waals surface area contributed by atoms with Crippen LogP contribution in [0.3, 0.4) is 0 Å². The lowest BCUT2D eigenvalue weighted by Crippen LogP contribution is -3.27. The molecule has 0 amide bonds. The molecule has 1 atom stereocenters. The molecule has 0 saturated carbocycles. The van der Waals surface area contributed by atoms with Gasteiger partial charge in [-0.3, -0.25) is 0 Å². The lowest BCUT2D eigenvalue weighted by Gasteiger charge is -2.28. The van der Waals surface area contributed by atoms with Crippen molar-refractivity contribution in [3.63, 3.8) is 0 Å². The van der Waals surface area contributed by atoms with E-state index in [4.69, 9.17) is 4.74 Å². The molecule has 1 aromatic carbocycles. The van der Waals surface area contributed by atoms with Crippen molar-refractivity contribution in [2.75, 3.05) is 39.8 Å². The Morgan fingerprint density at radius 1 is 1.25 bits per heavy atom. The van der Waals surface area contributed by atoms with Gasteiger partial charge in [0.05, 0.1) is 12.6 Å². The van der Waals surface area contributed by atoms with Crippen LogP contribution in [-0.2, 0) is 4.74 Å². The molecule has 1 saturated heterocycles. The van der Waals surface area contributed by atoms with E-state index in [0.717, 1.165) is 24.1 Å². The predicted octanol–water partition coefficient (Wildman–Crippen LogP) is -0.592. The fraction of sp³-hybridized carbons (Fsp3) is 0.533. The number of nitrogens with one attached hydrogen (secondary N) is 2. The van der Waals surface area contributed by atoms with Gasteiger partial charge in [-0.15, -0.1) is 0 Å². The maximum Gasteiger partial charge on any atom is 0.338 e. The summed E-state index contributed by atoms with van der Waals surface area (Å²) in [6.45, 7) is 7.59. The summed E-state index contributed by atoms with van der Waals surface area (Å²) < 4.78 is 6.49. The van der Waals surface area contributed by atoms with Crippen molar-refractivity contribution in [3.8, 4) is 0 Å². The first-order chi connectivity index (χ1) is 9.54. The second-order valence-corrected chi connectivity index (χ2v) is 6.55. The van der Waals surface area contributed by atoms with E-state index in [-0.39, 0.29) is 12.1 Å². The van der Waals surface area contributed by atoms with Gasteiger partial charge in [-0.05, 0) is 31.2 Å². The SMILES string of the molecule is C[C@@H](C[NH+]1CC[NH+](C)CC1)OC(=O)c1ccc(Br)cc1. The summed E-state index contributed by atoms with van der Waals surface area (Å²) in [6, 6.07) is 7.28. The molecule has 1 heterocycles. The molecule has 110 valence electrons. The molecule has 1 fully saturated rings. The third-order valence-electron chi connectivity index (χ3n) is 3.77. The number of carbonyl (C=O) groups is 1. The first-order valence-corrected chi connectivity index (χ1v) is 7.95. The zero-order valence-corrected chi connectivity index (χ0v) is 13.7. The van der Waals surface area contributed by atoms with Crippen molar-refractivity contribution in [2.24, 2.45) is 0 Å². The molecule has 2 rings (SSSR count). The molecule has 0 aliphatic carbocycles. The van der Waals surface area contributed by atoms with Crippen LogP contribution in [0.15, 0.2) is 28.7 Å². The number of ether oxygens (including phenoxy) is 1. The Hall–Kier alpha value is -0.910. The number of likely N-dealkylation sites (N-methyl/N-ethyl adjacent to an activating group) is 1. The van der Waals surface area contributed by atoms with Crippen molar-refractivity contribution < 1.29 is 19.3 Å². The lowest BCUT2D eigenvalue weighted by atomic mass is 10.2. The molecule has 20 heavy (non-hydrogen) atoms. The third kappa shape index (κ3) is 4.58. The second kappa shape index (κ2) is 7.20. The zero-order chi connectivity index (χ0) is 14.5. The molecule has 0 unspecified atom stereocenters. The number of piperazine rings is 1. The summed E-state index contributed by atoms with van der Waals surface area (Å²) in [7, 11) is 2.23. The highest BCUT2D eigenvalue weighted by atomic mass is 79.9. The van der Waals surface area contributed by atoms with Gasteiger partial charge < -0.3 is 14.5 Å². The van der Waals surface area contributed by atoms with Crippen LogP contribution in [0.4, 0.5) is 0 Å². The fourth-order valence-electron chi connectivity index (χ4n) is 2.52. The van der Waals surface area contributed by atoms with Crippen LogP contribution in [-0.4, -0.2) is 51.8 Å². The minimum absolute atomic E-state index is 0.0421. The number of halogens is 1. The molecule has 4 nitrogen and oxygen atoms in total. The number of carbonyl (C=O) groups excluding carboxylic acids is 1. The molecule has 0 radical (unpaired) electrons. The number of hydrogen-bond acceptors (Lipinski definition) is 2. The summed E-state index contributed by atoms with van der Waals surface area (Å²) in [5.74, 6) is -0.232. The van der Waals surface area contributed by atoms with Crippen LogP contribution in [0.1, 0.15) is 17.3 Å². The topological polar surface area (TPSA) is 35.2 Å². The summed E-state index contributed by atoms with van der Waals surface area (Å²) >= 11 is 3.36. The molecule has 2 N–H and O–H groups in total. The van der Waals surface area contributed by atoms with Crippen LogP contribution >= 0.6 is 15.9 Å². The summed E-state index contributed by atoms with van der Waals surface area (Å²) in [5, 5.41) is 0. The molecule has 5 heteroatoms. The monoisotopic (exact) mass is 342 g/mol. The number of benzene rings is 1. The van der Waals surface area contributed by atoms with Gasteiger partial charge in [0.15, 0.2) is 0 Å². The Labute approximate surface area is 128 Å². The maximum atomic E-state index is 12.0. The Morgan fingerprint density at radius 3 is 2.45 bits per heavy atom. The van der Waals surface area contributed by atoms with Crippen LogP contribution in [0.2, 0.25) is 0 Å². The summed E-state index contributed by atoms with van der Waals surface area (Å²) in [6.07, 6.45) is -0.0421. The Kier molecular flexibility index (Phi) is 5.57. The smallest absolute Gasteiger partial charge is 0.338 e. The Morgan fingerprint density at radius 2 is 1.85 bits per heavy atom. The first-order valence-electron chi connectivity index (χ1n) is 7.16. The van der Waals surface area contributed by atoms with E-state index in [1.165, 1.54) is 18.0 Å². The van der Waals surface area contributed by atoms with Crippen molar-refractivity contribution >= 4 is 21.9 Å². The Balaban J connectivity index is 1.80. The zero-order valence-electron chi connectivity index (χ0n) is 12.1. The molecule has 1 aromatic rings. The van der Waals surface area contributed by atoms with Gasteiger partial charge >= 0.3 is 5.97 Å². The Bertz CT molecular complexity index is 442. The molecule has 0 bridgehead atoms. The van der Waals surface area contributed by atoms with Crippen molar-refractivity contribution in [2.45, 2.75) is 13.0 Å². The van der Waals surface area contributed by atoms with E-state index in [1.54, 1.807) is 17.0 Å². The molecular formula is C15H23BrN2O2+2. The average Bonchev–Trinajstić information content (AvgIpc) is 2.42. The molecule has 0 spiro atoms. The van der Waals surface area contributed by atoms with E-state index >= 15 is 0 Å². The molecule has 1 aliphatic rings. The minimum Gasteiger partial charge on any atom is -0.453 e. The van der Waals surface area contributed by atoms with Gasteiger partial charge in [-0.25, -0.2) is 4.79 Å². The van der Waals surface area contributed by atoms with E-state index < -0.39 is 0 Å². The van der Waals surface area contributed by atoms with Gasteiger partial charge in [0.2, 0.25) is 0 Å². The van der Waals surface area contributed by atoms with Gasteiger partial charge in [0, 0.05) is 4.47 Å². The maximum absolute atomic E-state index is 12.0. The van der Waals surface area contributed by atoms with Crippen LogP contribution in [0.25, 0.3) is 0 Å². The highest BCUT2D eigenvalue weighted by Crippen LogP contribution is 2.11.